The third-order valence-corrected chi connectivity index (χ3v) is 4.91. The molecule has 5 nitrogen and oxygen atoms in total. The van der Waals surface area contributed by atoms with Gasteiger partial charge in [-0.15, -0.1) is 5.10 Å². The van der Waals surface area contributed by atoms with Crippen LogP contribution in [0.2, 0.25) is 0 Å². The standard InChI is InChI=1S/C18H26FN5/c1-15-20-21-22-24(15)13-3-12-23-11-2-4-17(14-23)6-5-16-7-9-18(19)10-8-16/h7-10,17H,2-6,11-14H2,1H3/t17-/m0/s1. The third-order valence-electron chi connectivity index (χ3n) is 4.91. The van der Waals surface area contributed by atoms with Crippen molar-refractivity contribution in [3.63, 3.8) is 0 Å². The monoisotopic (exact) mass is 331 g/mol. The molecule has 1 aromatic heterocycles. The normalized spacial score (nSPS) is 18.8. The highest BCUT2D eigenvalue weighted by Gasteiger charge is 2.19. The number of benzene rings is 1. The van der Waals surface area contributed by atoms with E-state index in [1.807, 2.05) is 23.7 Å². The Morgan fingerprint density at radius 2 is 2.04 bits per heavy atom. The highest BCUT2D eigenvalue weighted by molar-refractivity contribution is 5.16. The Balaban J connectivity index is 1.39. The summed E-state index contributed by atoms with van der Waals surface area (Å²) < 4.78 is 14.8. The van der Waals surface area contributed by atoms with Gasteiger partial charge in [0.05, 0.1) is 0 Å². The zero-order chi connectivity index (χ0) is 16.8. The van der Waals surface area contributed by atoms with Gasteiger partial charge < -0.3 is 4.90 Å². The Kier molecular flexibility index (Phi) is 5.91. The molecular weight excluding hydrogens is 305 g/mol. The molecule has 130 valence electrons. The van der Waals surface area contributed by atoms with Gasteiger partial charge in [-0.3, -0.25) is 0 Å². The number of nitrogens with zero attached hydrogens (tertiary/aromatic N) is 5. The number of tetrazole rings is 1. The minimum Gasteiger partial charge on any atom is -0.303 e. The topological polar surface area (TPSA) is 46.8 Å². The van der Waals surface area contributed by atoms with Crippen LogP contribution in [-0.4, -0.2) is 44.7 Å². The highest BCUT2D eigenvalue weighted by atomic mass is 19.1. The van der Waals surface area contributed by atoms with Gasteiger partial charge in [-0.25, -0.2) is 9.07 Å². The number of piperidine rings is 1. The summed E-state index contributed by atoms with van der Waals surface area (Å²) in [5, 5.41) is 11.6. The van der Waals surface area contributed by atoms with Crippen molar-refractivity contribution in [2.45, 2.75) is 45.6 Å². The predicted octanol–water partition coefficient (Wildman–Crippen LogP) is 2.86. The van der Waals surface area contributed by atoms with Gasteiger partial charge in [0.15, 0.2) is 0 Å². The molecule has 1 atom stereocenters. The summed E-state index contributed by atoms with van der Waals surface area (Å²) in [6.07, 6.45) is 5.90. The number of hydrogen-bond acceptors (Lipinski definition) is 4. The number of rotatable bonds is 7. The van der Waals surface area contributed by atoms with Crippen molar-refractivity contribution in [2.24, 2.45) is 5.92 Å². The summed E-state index contributed by atoms with van der Waals surface area (Å²) >= 11 is 0. The molecule has 1 saturated heterocycles. The SMILES string of the molecule is Cc1nnnn1CCCN1CCC[C@@H](CCc2ccc(F)cc2)C1. The molecule has 0 bridgehead atoms. The quantitative estimate of drug-likeness (QED) is 0.783. The first-order valence-electron chi connectivity index (χ1n) is 8.90. The average Bonchev–Trinajstić information content (AvgIpc) is 3.00. The van der Waals surface area contributed by atoms with Crippen LogP contribution >= 0.6 is 0 Å². The molecule has 0 aliphatic carbocycles. The van der Waals surface area contributed by atoms with E-state index >= 15 is 0 Å². The van der Waals surface area contributed by atoms with Crippen molar-refractivity contribution in [3.05, 3.63) is 41.5 Å². The van der Waals surface area contributed by atoms with Crippen LogP contribution < -0.4 is 0 Å². The van der Waals surface area contributed by atoms with Crippen molar-refractivity contribution in [1.29, 1.82) is 0 Å². The predicted molar refractivity (Wildman–Crippen MR) is 91.1 cm³/mol. The average molecular weight is 331 g/mol. The first kappa shape index (κ1) is 17.0. The molecule has 3 rings (SSSR count). The molecule has 6 heteroatoms. The van der Waals surface area contributed by atoms with Gasteiger partial charge in [-0.2, -0.15) is 0 Å². The Morgan fingerprint density at radius 1 is 1.21 bits per heavy atom. The second kappa shape index (κ2) is 8.33. The maximum Gasteiger partial charge on any atom is 0.148 e. The summed E-state index contributed by atoms with van der Waals surface area (Å²) in [7, 11) is 0. The Labute approximate surface area is 142 Å². The van der Waals surface area contributed by atoms with E-state index < -0.39 is 0 Å². The fraction of sp³-hybridized carbons (Fsp3) is 0.611. The van der Waals surface area contributed by atoms with Crippen LogP contribution in [0.15, 0.2) is 24.3 Å². The Hall–Kier alpha value is -1.82. The van der Waals surface area contributed by atoms with E-state index in [4.69, 9.17) is 0 Å². The molecule has 1 aliphatic heterocycles. The second-order valence-corrected chi connectivity index (χ2v) is 6.78. The van der Waals surface area contributed by atoms with Crippen LogP contribution in [0, 0.1) is 18.7 Å². The van der Waals surface area contributed by atoms with Crippen molar-refractivity contribution in [2.75, 3.05) is 19.6 Å². The molecular formula is C18H26FN5. The second-order valence-electron chi connectivity index (χ2n) is 6.78. The van der Waals surface area contributed by atoms with Gasteiger partial charge in [0, 0.05) is 13.1 Å². The summed E-state index contributed by atoms with van der Waals surface area (Å²) in [5.41, 5.74) is 1.24. The molecule has 1 aromatic carbocycles. The maximum absolute atomic E-state index is 13.0. The van der Waals surface area contributed by atoms with E-state index in [1.165, 1.54) is 37.9 Å². The van der Waals surface area contributed by atoms with Gasteiger partial charge >= 0.3 is 0 Å². The molecule has 0 saturated carbocycles. The minimum atomic E-state index is -0.152. The number of likely N-dealkylation sites (tertiary alicyclic amines) is 1. The van der Waals surface area contributed by atoms with Gasteiger partial charge in [0.2, 0.25) is 0 Å². The third kappa shape index (κ3) is 4.84. The van der Waals surface area contributed by atoms with Crippen molar-refractivity contribution >= 4 is 0 Å². The number of aromatic nitrogens is 4. The first-order valence-corrected chi connectivity index (χ1v) is 8.90. The van der Waals surface area contributed by atoms with Crippen LogP contribution in [0.3, 0.4) is 0 Å². The van der Waals surface area contributed by atoms with Gasteiger partial charge in [-0.1, -0.05) is 12.1 Å². The van der Waals surface area contributed by atoms with E-state index in [1.54, 1.807) is 12.1 Å². The van der Waals surface area contributed by atoms with Gasteiger partial charge in [0.25, 0.3) is 0 Å². The molecule has 24 heavy (non-hydrogen) atoms. The van der Waals surface area contributed by atoms with E-state index in [0.29, 0.717) is 0 Å². The molecule has 0 spiro atoms. The molecule has 2 heterocycles. The summed E-state index contributed by atoms with van der Waals surface area (Å²) in [4.78, 5) is 2.57. The van der Waals surface area contributed by atoms with Crippen LogP contribution in [-0.2, 0) is 13.0 Å². The largest absolute Gasteiger partial charge is 0.303 e. The minimum absolute atomic E-state index is 0.152. The summed E-state index contributed by atoms with van der Waals surface area (Å²) in [6, 6.07) is 6.93. The summed E-state index contributed by atoms with van der Waals surface area (Å²) in [6.45, 7) is 6.30. The van der Waals surface area contributed by atoms with Gasteiger partial charge in [-0.05, 0) is 86.2 Å². The van der Waals surface area contributed by atoms with Crippen LogP contribution in [0.1, 0.15) is 37.1 Å². The maximum atomic E-state index is 13.0. The lowest BCUT2D eigenvalue weighted by molar-refractivity contribution is 0.164. The molecule has 0 N–H and O–H groups in total. The van der Waals surface area contributed by atoms with E-state index in [2.05, 4.69) is 20.4 Å². The fourth-order valence-corrected chi connectivity index (χ4v) is 3.51. The molecule has 0 amide bonds. The molecule has 0 unspecified atom stereocenters. The Bertz CT molecular complexity index is 625. The lowest BCUT2D eigenvalue weighted by atomic mass is 9.91. The Morgan fingerprint density at radius 3 is 2.79 bits per heavy atom. The van der Waals surface area contributed by atoms with Crippen LogP contribution in [0.25, 0.3) is 0 Å². The smallest absolute Gasteiger partial charge is 0.148 e. The number of aryl methyl sites for hydroxylation is 3. The lowest BCUT2D eigenvalue weighted by Crippen LogP contribution is -2.36. The van der Waals surface area contributed by atoms with Crippen molar-refractivity contribution < 1.29 is 4.39 Å². The van der Waals surface area contributed by atoms with Crippen LogP contribution in [0.4, 0.5) is 4.39 Å². The van der Waals surface area contributed by atoms with Crippen LogP contribution in [0.5, 0.6) is 0 Å². The molecule has 1 fully saturated rings. The first-order chi connectivity index (χ1) is 11.7. The van der Waals surface area contributed by atoms with Crippen molar-refractivity contribution in [1.82, 2.24) is 25.1 Å². The van der Waals surface area contributed by atoms with E-state index in [-0.39, 0.29) is 5.82 Å². The van der Waals surface area contributed by atoms with Crippen molar-refractivity contribution in [3.8, 4) is 0 Å². The molecule has 2 aromatic rings. The summed E-state index contributed by atoms with van der Waals surface area (Å²) in [5.74, 6) is 1.48. The zero-order valence-corrected chi connectivity index (χ0v) is 14.4. The zero-order valence-electron chi connectivity index (χ0n) is 14.4. The number of hydrogen-bond donors (Lipinski definition) is 0. The van der Waals surface area contributed by atoms with E-state index in [9.17, 15) is 4.39 Å². The molecule has 0 radical (unpaired) electrons. The lowest BCUT2D eigenvalue weighted by Gasteiger charge is -2.32. The van der Waals surface area contributed by atoms with Gasteiger partial charge in [0.1, 0.15) is 11.6 Å². The fourth-order valence-electron chi connectivity index (χ4n) is 3.51. The number of halogens is 1. The highest BCUT2D eigenvalue weighted by Crippen LogP contribution is 2.22. The molecule has 1 aliphatic rings. The van der Waals surface area contributed by atoms with E-state index in [0.717, 1.165) is 37.7 Å².